The minimum absolute atomic E-state index is 0.271. The third kappa shape index (κ3) is 2.33. The highest BCUT2D eigenvalue weighted by molar-refractivity contribution is 7.10. The van der Waals surface area contributed by atoms with Gasteiger partial charge in [0.15, 0.2) is 0 Å². The molecule has 0 aliphatic rings. The van der Waals surface area contributed by atoms with Crippen LogP contribution in [0.4, 0.5) is 4.39 Å². The normalized spacial score (nSPS) is 12.5. The van der Waals surface area contributed by atoms with Gasteiger partial charge >= 0.3 is 0 Å². The lowest BCUT2D eigenvalue weighted by Crippen LogP contribution is -2.03. The summed E-state index contributed by atoms with van der Waals surface area (Å²) in [5.74, 6) is -0.0112. The molecule has 0 saturated carbocycles. The Kier molecular flexibility index (Phi) is 3.45. The number of rotatable bonds is 3. The number of thiophene rings is 1. The molecule has 2 nitrogen and oxygen atoms in total. The minimum Gasteiger partial charge on any atom is -0.497 e. The van der Waals surface area contributed by atoms with E-state index in [-0.39, 0.29) is 5.56 Å². The number of hydrogen-bond donors (Lipinski definition) is 1. The van der Waals surface area contributed by atoms with Gasteiger partial charge in [0.2, 0.25) is 0 Å². The van der Waals surface area contributed by atoms with Crippen LogP contribution in [-0.4, -0.2) is 12.2 Å². The van der Waals surface area contributed by atoms with E-state index in [1.807, 2.05) is 18.4 Å². The molecular formula is C13H13FO2S. The summed E-state index contributed by atoms with van der Waals surface area (Å²) in [6, 6.07) is 6.29. The van der Waals surface area contributed by atoms with Gasteiger partial charge in [-0.25, -0.2) is 4.39 Å². The number of halogens is 1. The van der Waals surface area contributed by atoms with Crippen LogP contribution in [0.1, 0.15) is 22.1 Å². The molecule has 0 radical (unpaired) electrons. The fourth-order valence-corrected chi connectivity index (χ4v) is 2.44. The third-order valence-electron chi connectivity index (χ3n) is 2.70. The second-order valence-corrected chi connectivity index (χ2v) is 4.84. The summed E-state index contributed by atoms with van der Waals surface area (Å²) >= 11 is 1.53. The van der Waals surface area contributed by atoms with Crippen molar-refractivity contribution in [3.63, 3.8) is 0 Å². The summed E-state index contributed by atoms with van der Waals surface area (Å²) in [5.41, 5.74) is 1.02. The average Bonchev–Trinajstić information content (AvgIpc) is 2.74. The van der Waals surface area contributed by atoms with Gasteiger partial charge in [-0.15, -0.1) is 11.3 Å². The second kappa shape index (κ2) is 4.85. The van der Waals surface area contributed by atoms with Crippen LogP contribution in [-0.2, 0) is 0 Å². The van der Waals surface area contributed by atoms with Gasteiger partial charge in [-0.05, 0) is 36.1 Å². The van der Waals surface area contributed by atoms with Gasteiger partial charge in [-0.2, -0.15) is 0 Å². The first-order valence-electron chi connectivity index (χ1n) is 5.19. The van der Waals surface area contributed by atoms with Crippen LogP contribution in [0.5, 0.6) is 5.75 Å². The summed E-state index contributed by atoms with van der Waals surface area (Å²) in [6.45, 7) is 1.91. The molecule has 0 spiro atoms. The molecule has 2 aromatic rings. The van der Waals surface area contributed by atoms with E-state index in [4.69, 9.17) is 4.74 Å². The van der Waals surface area contributed by atoms with Crippen molar-refractivity contribution >= 4 is 11.3 Å². The zero-order chi connectivity index (χ0) is 12.4. The number of aliphatic hydroxyl groups excluding tert-OH is 1. The van der Waals surface area contributed by atoms with E-state index >= 15 is 0 Å². The highest BCUT2D eigenvalue weighted by atomic mass is 32.1. The maximum atomic E-state index is 13.8. The monoisotopic (exact) mass is 252 g/mol. The number of hydrogen-bond acceptors (Lipinski definition) is 3. The van der Waals surface area contributed by atoms with Crippen molar-refractivity contribution < 1.29 is 14.2 Å². The zero-order valence-corrected chi connectivity index (χ0v) is 10.4. The minimum atomic E-state index is -0.924. The lowest BCUT2D eigenvalue weighted by molar-refractivity contribution is 0.214. The van der Waals surface area contributed by atoms with Crippen molar-refractivity contribution in [1.82, 2.24) is 0 Å². The van der Waals surface area contributed by atoms with Crippen LogP contribution < -0.4 is 4.74 Å². The van der Waals surface area contributed by atoms with Gasteiger partial charge in [0.25, 0.3) is 0 Å². The highest BCUT2D eigenvalue weighted by Crippen LogP contribution is 2.30. The van der Waals surface area contributed by atoms with E-state index in [2.05, 4.69) is 0 Å². The summed E-state index contributed by atoms with van der Waals surface area (Å²) in [5, 5.41) is 12.0. The summed E-state index contributed by atoms with van der Waals surface area (Å²) in [6.07, 6.45) is -0.924. The Bertz CT molecular complexity index is 522. The van der Waals surface area contributed by atoms with Crippen LogP contribution in [0.2, 0.25) is 0 Å². The fourth-order valence-electron chi connectivity index (χ4n) is 1.70. The van der Waals surface area contributed by atoms with Gasteiger partial charge in [-0.1, -0.05) is 0 Å². The van der Waals surface area contributed by atoms with Gasteiger partial charge in [0.1, 0.15) is 17.7 Å². The van der Waals surface area contributed by atoms with Crippen molar-refractivity contribution in [3.05, 3.63) is 51.5 Å². The molecule has 2 rings (SSSR count). The molecule has 1 unspecified atom stereocenters. The van der Waals surface area contributed by atoms with Crippen molar-refractivity contribution in [2.75, 3.05) is 7.11 Å². The van der Waals surface area contributed by atoms with Crippen LogP contribution in [0.15, 0.2) is 29.6 Å². The Morgan fingerprint density at radius 3 is 2.59 bits per heavy atom. The first-order chi connectivity index (χ1) is 8.13. The maximum Gasteiger partial charge on any atom is 0.133 e. The van der Waals surface area contributed by atoms with Crippen molar-refractivity contribution in [2.24, 2.45) is 0 Å². The van der Waals surface area contributed by atoms with Gasteiger partial charge in [0.05, 0.1) is 7.11 Å². The zero-order valence-electron chi connectivity index (χ0n) is 9.61. The fraction of sp³-hybridized carbons (Fsp3) is 0.231. The Morgan fingerprint density at radius 2 is 2.06 bits per heavy atom. The number of methoxy groups -OCH3 is 1. The smallest absolute Gasteiger partial charge is 0.133 e. The summed E-state index contributed by atoms with van der Waals surface area (Å²) in [7, 11) is 1.48. The van der Waals surface area contributed by atoms with E-state index in [1.54, 1.807) is 12.1 Å². The van der Waals surface area contributed by atoms with Crippen LogP contribution in [0, 0.1) is 12.7 Å². The lowest BCUT2D eigenvalue weighted by Gasteiger charge is -2.12. The lowest BCUT2D eigenvalue weighted by atomic mass is 10.0. The molecule has 1 atom stereocenters. The molecule has 1 heterocycles. The van der Waals surface area contributed by atoms with Crippen LogP contribution in [0.25, 0.3) is 0 Å². The van der Waals surface area contributed by atoms with E-state index < -0.39 is 11.9 Å². The van der Waals surface area contributed by atoms with E-state index in [0.717, 1.165) is 10.4 Å². The highest BCUT2D eigenvalue weighted by Gasteiger charge is 2.17. The Morgan fingerprint density at radius 1 is 1.29 bits per heavy atom. The molecule has 17 heavy (non-hydrogen) atoms. The van der Waals surface area contributed by atoms with Gasteiger partial charge in [0, 0.05) is 16.5 Å². The van der Waals surface area contributed by atoms with E-state index in [9.17, 15) is 9.50 Å². The van der Waals surface area contributed by atoms with Crippen molar-refractivity contribution in [2.45, 2.75) is 13.0 Å². The molecule has 90 valence electrons. The molecule has 0 aliphatic carbocycles. The van der Waals surface area contributed by atoms with E-state index in [0.29, 0.717) is 5.75 Å². The van der Waals surface area contributed by atoms with Gasteiger partial charge < -0.3 is 9.84 Å². The second-order valence-electron chi connectivity index (χ2n) is 3.72. The molecule has 1 aromatic heterocycles. The van der Waals surface area contributed by atoms with Crippen LogP contribution in [0.3, 0.4) is 0 Å². The average molecular weight is 252 g/mol. The number of aliphatic hydroxyl groups is 1. The quantitative estimate of drug-likeness (QED) is 0.908. The number of benzene rings is 1. The topological polar surface area (TPSA) is 29.5 Å². The molecule has 0 aliphatic heterocycles. The standard InChI is InChI=1S/C13H13FO2S/c1-8-10(5-6-17-8)13(15)11-4-3-9(16-2)7-12(11)14/h3-7,13,15H,1-2H3. The predicted octanol–water partition coefficient (Wildman–Crippen LogP) is 3.29. The summed E-state index contributed by atoms with van der Waals surface area (Å²) in [4.78, 5) is 0.993. The van der Waals surface area contributed by atoms with Crippen molar-refractivity contribution in [3.8, 4) is 5.75 Å². The van der Waals surface area contributed by atoms with E-state index in [1.165, 1.54) is 24.5 Å². The predicted molar refractivity (Wildman–Crippen MR) is 66.1 cm³/mol. The SMILES string of the molecule is COc1ccc(C(O)c2ccsc2C)c(F)c1. The molecule has 0 bridgehead atoms. The molecule has 1 aromatic carbocycles. The number of ether oxygens (including phenoxy) is 1. The van der Waals surface area contributed by atoms with Gasteiger partial charge in [-0.3, -0.25) is 0 Å². The third-order valence-corrected chi connectivity index (χ3v) is 3.56. The first kappa shape index (κ1) is 12.1. The summed E-state index contributed by atoms with van der Waals surface area (Å²) < 4.78 is 18.7. The maximum absolute atomic E-state index is 13.8. The Labute approximate surface area is 103 Å². The Hall–Kier alpha value is -1.39. The molecule has 0 saturated heterocycles. The first-order valence-corrected chi connectivity index (χ1v) is 6.07. The van der Waals surface area contributed by atoms with Crippen LogP contribution >= 0.6 is 11.3 Å². The largest absolute Gasteiger partial charge is 0.497 e. The Balaban J connectivity index is 2.38. The van der Waals surface area contributed by atoms with Crippen molar-refractivity contribution in [1.29, 1.82) is 0 Å². The molecule has 1 N–H and O–H groups in total. The molecule has 0 fully saturated rings. The molecule has 0 amide bonds. The molecule has 4 heteroatoms. The molecular weight excluding hydrogens is 239 g/mol. The number of aryl methyl sites for hydroxylation is 1.